The number of thioether (sulfide) groups is 1. The molecule has 0 aliphatic heterocycles. The first kappa shape index (κ1) is 7.98. The molecule has 0 aromatic carbocycles. The van der Waals surface area contributed by atoms with E-state index in [1.807, 2.05) is 0 Å². The van der Waals surface area contributed by atoms with Crippen molar-refractivity contribution in [3.8, 4) is 0 Å². The van der Waals surface area contributed by atoms with Gasteiger partial charge in [0.15, 0.2) is 5.12 Å². The largest absolute Gasteiger partial charge is 0.330 e. The summed E-state index contributed by atoms with van der Waals surface area (Å²) in [6.45, 7) is 0.617. The maximum Gasteiger partial charge on any atom is 0.188 e. The zero-order valence-corrected chi connectivity index (χ0v) is 5.83. The van der Waals surface area contributed by atoms with Gasteiger partial charge in [0, 0.05) is 6.42 Å². The van der Waals surface area contributed by atoms with Crippen LogP contribution in [0, 0.1) is 0 Å². The van der Waals surface area contributed by atoms with Crippen molar-refractivity contribution in [3.63, 3.8) is 0 Å². The molecule has 0 unspecified atom stereocenters. The molecule has 0 heterocycles. The van der Waals surface area contributed by atoms with E-state index in [9.17, 15) is 4.79 Å². The minimum Gasteiger partial charge on any atom is -0.330 e. The Morgan fingerprint density at radius 2 is 2.38 bits per heavy atom. The minimum atomic E-state index is 0.232. The molecule has 0 aromatic heterocycles. The molecule has 8 heavy (non-hydrogen) atoms. The maximum absolute atomic E-state index is 10.5. The monoisotopic (exact) mass is 133 g/mol. The van der Waals surface area contributed by atoms with Crippen LogP contribution in [0.25, 0.3) is 0 Å². The predicted molar refractivity (Wildman–Crippen MR) is 36.8 cm³/mol. The van der Waals surface area contributed by atoms with E-state index in [-0.39, 0.29) is 5.12 Å². The quantitative estimate of drug-likeness (QED) is 0.613. The number of hydrogen-bond donors (Lipinski definition) is 1. The van der Waals surface area contributed by atoms with E-state index < -0.39 is 0 Å². The number of carbonyl (C=O) groups is 1. The molecule has 0 fully saturated rings. The molecule has 0 atom stereocenters. The van der Waals surface area contributed by atoms with E-state index in [4.69, 9.17) is 5.73 Å². The second-order valence-corrected chi connectivity index (χ2v) is 2.33. The lowest BCUT2D eigenvalue weighted by molar-refractivity contribution is -0.111. The van der Waals surface area contributed by atoms with Crippen LogP contribution >= 0.6 is 11.8 Å². The first-order chi connectivity index (χ1) is 3.81. The highest BCUT2D eigenvalue weighted by molar-refractivity contribution is 8.13. The second-order valence-electron chi connectivity index (χ2n) is 1.47. The number of rotatable bonds is 3. The zero-order chi connectivity index (χ0) is 6.41. The molecule has 2 N–H and O–H groups in total. The van der Waals surface area contributed by atoms with Crippen LogP contribution < -0.4 is 5.73 Å². The minimum absolute atomic E-state index is 0.232. The third-order valence-corrected chi connectivity index (χ3v) is 1.47. The number of hydrogen-bond acceptors (Lipinski definition) is 3. The molecule has 0 radical (unpaired) electrons. The van der Waals surface area contributed by atoms with Crippen molar-refractivity contribution in [2.24, 2.45) is 5.73 Å². The average Bonchev–Trinajstić information content (AvgIpc) is 1.83. The first-order valence-electron chi connectivity index (χ1n) is 2.58. The van der Waals surface area contributed by atoms with E-state index in [1.165, 1.54) is 11.8 Å². The molecule has 2 nitrogen and oxygen atoms in total. The van der Waals surface area contributed by atoms with Gasteiger partial charge in [-0.05, 0) is 19.2 Å². The number of carbonyl (C=O) groups excluding carboxylic acids is 1. The van der Waals surface area contributed by atoms with Gasteiger partial charge in [-0.3, -0.25) is 4.79 Å². The highest BCUT2D eigenvalue weighted by atomic mass is 32.2. The lowest BCUT2D eigenvalue weighted by Gasteiger charge is -1.90. The van der Waals surface area contributed by atoms with Gasteiger partial charge in [-0.2, -0.15) is 0 Å². The Balaban J connectivity index is 2.99. The Morgan fingerprint density at radius 3 is 2.75 bits per heavy atom. The van der Waals surface area contributed by atoms with Gasteiger partial charge in [-0.25, -0.2) is 0 Å². The molecule has 48 valence electrons. The highest BCUT2D eigenvalue weighted by Crippen LogP contribution is 2.00. The lowest BCUT2D eigenvalue weighted by atomic mass is 10.3. The fraction of sp³-hybridized carbons (Fsp3) is 0.800. The highest BCUT2D eigenvalue weighted by Gasteiger charge is 1.94. The Labute approximate surface area is 53.8 Å². The van der Waals surface area contributed by atoms with Crippen LogP contribution in [0.2, 0.25) is 0 Å². The predicted octanol–water partition coefficient (Wildman–Crippen LogP) is 0.615. The molecule has 0 aliphatic carbocycles. The van der Waals surface area contributed by atoms with Crippen molar-refractivity contribution in [2.75, 3.05) is 12.8 Å². The van der Waals surface area contributed by atoms with Gasteiger partial charge in [0.2, 0.25) is 0 Å². The Morgan fingerprint density at radius 1 is 1.75 bits per heavy atom. The standard InChI is InChI=1S/C5H11NOS/c1-8-5(7)3-2-4-6/h2-4,6H2,1H3. The molecule has 0 spiro atoms. The van der Waals surface area contributed by atoms with Gasteiger partial charge in [0.1, 0.15) is 0 Å². The third kappa shape index (κ3) is 4.15. The van der Waals surface area contributed by atoms with Crippen molar-refractivity contribution in [1.82, 2.24) is 0 Å². The molecule has 0 rings (SSSR count). The fourth-order valence-corrected chi connectivity index (χ4v) is 0.697. The summed E-state index contributed by atoms with van der Waals surface area (Å²) in [6, 6.07) is 0. The maximum atomic E-state index is 10.5. The van der Waals surface area contributed by atoms with Crippen LogP contribution in [0.15, 0.2) is 0 Å². The molecule has 3 heteroatoms. The summed E-state index contributed by atoms with van der Waals surface area (Å²) in [6.07, 6.45) is 3.23. The molecule has 0 bridgehead atoms. The summed E-state index contributed by atoms with van der Waals surface area (Å²) >= 11 is 1.27. The van der Waals surface area contributed by atoms with Crippen molar-refractivity contribution < 1.29 is 4.79 Å². The fourth-order valence-electron chi connectivity index (χ4n) is 0.348. The van der Waals surface area contributed by atoms with E-state index >= 15 is 0 Å². The van der Waals surface area contributed by atoms with Gasteiger partial charge in [-0.15, -0.1) is 0 Å². The zero-order valence-electron chi connectivity index (χ0n) is 5.02. The van der Waals surface area contributed by atoms with Crippen LogP contribution in [0.4, 0.5) is 0 Å². The topological polar surface area (TPSA) is 43.1 Å². The normalized spacial score (nSPS) is 9.25. The van der Waals surface area contributed by atoms with Gasteiger partial charge in [0.25, 0.3) is 0 Å². The van der Waals surface area contributed by atoms with Crippen molar-refractivity contribution >= 4 is 16.9 Å². The molecule has 0 amide bonds. The van der Waals surface area contributed by atoms with Crippen molar-refractivity contribution in [1.29, 1.82) is 0 Å². The van der Waals surface area contributed by atoms with Gasteiger partial charge in [0.05, 0.1) is 0 Å². The van der Waals surface area contributed by atoms with E-state index in [0.717, 1.165) is 6.42 Å². The van der Waals surface area contributed by atoms with Crippen LogP contribution in [0.1, 0.15) is 12.8 Å². The Bertz CT molecular complexity index is 74.8. The van der Waals surface area contributed by atoms with Crippen molar-refractivity contribution in [3.05, 3.63) is 0 Å². The lowest BCUT2D eigenvalue weighted by Crippen LogP contribution is -2.01. The van der Waals surface area contributed by atoms with Crippen LogP contribution in [0.3, 0.4) is 0 Å². The molecule has 0 saturated carbocycles. The van der Waals surface area contributed by atoms with Crippen LogP contribution in [0.5, 0.6) is 0 Å². The van der Waals surface area contributed by atoms with Crippen LogP contribution in [-0.4, -0.2) is 17.9 Å². The molecular formula is C5H11NOS. The summed E-state index contributed by atoms with van der Waals surface area (Å²) in [7, 11) is 0. The van der Waals surface area contributed by atoms with Crippen LogP contribution in [-0.2, 0) is 4.79 Å². The molecular weight excluding hydrogens is 122 g/mol. The Kier molecular flexibility index (Phi) is 5.11. The van der Waals surface area contributed by atoms with Gasteiger partial charge in [-0.1, -0.05) is 11.8 Å². The Hall–Kier alpha value is -0.0200. The summed E-state index contributed by atoms with van der Waals surface area (Å²) in [5, 5.41) is 0.232. The molecule has 0 aliphatic rings. The smallest absolute Gasteiger partial charge is 0.188 e. The van der Waals surface area contributed by atoms with Gasteiger partial charge >= 0.3 is 0 Å². The number of nitrogens with two attached hydrogens (primary N) is 1. The van der Waals surface area contributed by atoms with E-state index in [0.29, 0.717) is 13.0 Å². The molecule has 0 aromatic rings. The summed E-state index contributed by atoms with van der Waals surface area (Å²) in [5.74, 6) is 0. The van der Waals surface area contributed by atoms with E-state index in [2.05, 4.69) is 0 Å². The van der Waals surface area contributed by atoms with E-state index in [1.54, 1.807) is 6.26 Å². The van der Waals surface area contributed by atoms with Gasteiger partial charge < -0.3 is 5.73 Å². The second kappa shape index (κ2) is 5.12. The van der Waals surface area contributed by atoms with Crippen molar-refractivity contribution in [2.45, 2.75) is 12.8 Å². The average molecular weight is 133 g/mol. The third-order valence-electron chi connectivity index (χ3n) is 0.813. The SMILES string of the molecule is CSC(=O)CCCN. The summed E-state index contributed by atoms with van der Waals surface area (Å²) in [4.78, 5) is 10.5. The summed E-state index contributed by atoms with van der Waals surface area (Å²) in [5.41, 5.74) is 5.17. The summed E-state index contributed by atoms with van der Waals surface area (Å²) < 4.78 is 0. The molecule has 0 saturated heterocycles. The first-order valence-corrected chi connectivity index (χ1v) is 3.80.